The Labute approximate surface area is 158 Å². The topological polar surface area (TPSA) is 41.4 Å². The van der Waals surface area contributed by atoms with E-state index in [4.69, 9.17) is 0 Å². The van der Waals surface area contributed by atoms with E-state index in [1.807, 2.05) is 17.9 Å². The second-order valence-electron chi connectivity index (χ2n) is 8.37. The lowest BCUT2D eigenvalue weighted by Crippen LogP contribution is -2.40. The van der Waals surface area contributed by atoms with Crippen LogP contribution in [0.1, 0.15) is 35.8 Å². The van der Waals surface area contributed by atoms with Crippen molar-refractivity contribution in [3.8, 4) is 0 Å². The fourth-order valence-corrected chi connectivity index (χ4v) is 5.60. The minimum Gasteiger partial charge on any atom is -0.342 e. The van der Waals surface area contributed by atoms with E-state index in [0.717, 1.165) is 50.8 Å². The van der Waals surface area contributed by atoms with Crippen LogP contribution in [0.5, 0.6) is 0 Å². The molecule has 2 atom stereocenters. The molecule has 0 N–H and O–H groups in total. The standard InChI is InChI=1S/C20H26N4OS/c1-22-12-18(21-14-22)17-11-23(10-16-3-2-8-26-16)13-20(17)6-7-24(19(20)25)9-15-4-5-15/h2-3,8,12,14-15,17H,4-7,9-11,13H2,1H3/t17-,20+/m0/s1. The number of nitrogens with zero attached hydrogens (tertiary/aromatic N) is 4. The minimum atomic E-state index is -0.277. The van der Waals surface area contributed by atoms with Gasteiger partial charge in [-0.2, -0.15) is 0 Å². The van der Waals surface area contributed by atoms with Crippen molar-refractivity contribution in [1.82, 2.24) is 19.4 Å². The summed E-state index contributed by atoms with van der Waals surface area (Å²) in [4.78, 5) is 24.2. The van der Waals surface area contributed by atoms with Gasteiger partial charge in [0, 0.05) is 56.8 Å². The maximum atomic E-state index is 13.5. The van der Waals surface area contributed by atoms with Gasteiger partial charge < -0.3 is 9.47 Å². The minimum absolute atomic E-state index is 0.209. The smallest absolute Gasteiger partial charge is 0.230 e. The normalized spacial score (nSPS) is 29.3. The van der Waals surface area contributed by atoms with Crippen molar-refractivity contribution in [1.29, 1.82) is 0 Å². The number of carbonyl (C=O) groups excluding carboxylic acids is 1. The van der Waals surface area contributed by atoms with E-state index >= 15 is 0 Å². The molecule has 2 saturated heterocycles. The van der Waals surface area contributed by atoms with Crippen LogP contribution in [0, 0.1) is 11.3 Å². The van der Waals surface area contributed by atoms with Gasteiger partial charge in [-0.3, -0.25) is 9.69 Å². The fraction of sp³-hybridized carbons (Fsp3) is 0.600. The van der Waals surface area contributed by atoms with Gasteiger partial charge in [0.25, 0.3) is 0 Å². The summed E-state index contributed by atoms with van der Waals surface area (Å²) < 4.78 is 2.01. The monoisotopic (exact) mass is 370 g/mol. The first-order valence-corrected chi connectivity index (χ1v) is 10.5. The molecule has 138 valence electrons. The first kappa shape index (κ1) is 16.5. The number of carbonyl (C=O) groups is 1. The predicted molar refractivity (Wildman–Crippen MR) is 102 cm³/mol. The number of aromatic nitrogens is 2. The van der Waals surface area contributed by atoms with E-state index in [1.54, 1.807) is 11.3 Å². The molecule has 1 aliphatic carbocycles. The highest BCUT2D eigenvalue weighted by atomic mass is 32.1. The quantitative estimate of drug-likeness (QED) is 0.813. The Hall–Kier alpha value is -1.66. The van der Waals surface area contributed by atoms with Crippen LogP contribution in [0.2, 0.25) is 0 Å². The highest BCUT2D eigenvalue weighted by Crippen LogP contribution is 2.50. The van der Waals surface area contributed by atoms with Gasteiger partial charge in [-0.05, 0) is 36.6 Å². The zero-order valence-corrected chi connectivity index (χ0v) is 16.1. The Balaban J connectivity index is 1.43. The molecule has 26 heavy (non-hydrogen) atoms. The molecule has 6 heteroatoms. The number of imidazole rings is 1. The molecule has 3 fully saturated rings. The average Bonchev–Trinajstić information content (AvgIpc) is 2.98. The van der Waals surface area contributed by atoms with Gasteiger partial charge in [0.1, 0.15) is 0 Å². The highest BCUT2D eigenvalue weighted by Gasteiger charge is 2.58. The Morgan fingerprint density at radius 2 is 2.27 bits per heavy atom. The van der Waals surface area contributed by atoms with Crippen molar-refractivity contribution in [2.45, 2.75) is 31.7 Å². The van der Waals surface area contributed by atoms with E-state index in [0.29, 0.717) is 5.91 Å². The average molecular weight is 371 g/mol. The van der Waals surface area contributed by atoms with Crippen LogP contribution in [-0.2, 0) is 18.4 Å². The van der Waals surface area contributed by atoms with Crippen molar-refractivity contribution in [2.24, 2.45) is 18.4 Å². The van der Waals surface area contributed by atoms with Gasteiger partial charge in [-0.15, -0.1) is 11.3 Å². The molecule has 5 nitrogen and oxygen atoms in total. The van der Waals surface area contributed by atoms with Gasteiger partial charge in [0.05, 0.1) is 17.4 Å². The van der Waals surface area contributed by atoms with Crippen LogP contribution in [0.4, 0.5) is 0 Å². The molecule has 3 aliphatic rings. The Bertz CT molecular complexity index is 797. The van der Waals surface area contributed by atoms with Crippen LogP contribution in [0.25, 0.3) is 0 Å². The summed E-state index contributed by atoms with van der Waals surface area (Å²) in [5, 5.41) is 2.13. The van der Waals surface area contributed by atoms with Crippen molar-refractivity contribution < 1.29 is 4.79 Å². The van der Waals surface area contributed by atoms with E-state index in [2.05, 4.69) is 38.5 Å². The second-order valence-corrected chi connectivity index (χ2v) is 9.40. The molecule has 1 amide bonds. The maximum Gasteiger partial charge on any atom is 0.230 e. The zero-order valence-electron chi connectivity index (χ0n) is 15.3. The lowest BCUT2D eigenvalue weighted by Gasteiger charge is -2.28. The van der Waals surface area contributed by atoms with Crippen LogP contribution in [0.3, 0.4) is 0 Å². The number of aryl methyl sites for hydroxylation is 1. The Kier molecular flexibility index (Phi) is 3.94. The molecule has 0 unspecified atom stereocenters. The third-order valence-electron chi connectivity index (χ3n) is 6.37. The molecule has 1 spiro atoms. The number of amides is 1. The number of thiophene rings is 1. The van der Waals surface area contributed by atoms with Gasteiger partial charge in [-0.25, -0.2) is 4.98 Å². The van der Waals surface area contributed by atoms with Crippen LogP contribution >= 0.6 is 11.3 Å². The summed E-state index contributed by atoms with van der Waals surface area (Å²) in [5.74, 6) is 1.35. The lowest BCUT2D eigenvalue weighted by molar-refractivity contribution is -0.136. The number of hydrogen-bond donors (Lipinski definition) is 0. The molecule has 2 aromatic rings. The van der Waals surface area contributed by atoms with Crippen molar-refractivity contribution in [3.05, 3.63) is 40.6 Å². The second kappa shape index (κ2) is 6.20. The molecular formula is C20H26N4OS. The van der Waals surface area contributed by atoms with Crippen molar-refractivity contribution in [2.75, 3.05) is 26.2 Å². The summed E-state index contributed by atoms with van der Waals surface area (Å²) in [7, 11) is 2.01. The largest absolute Gasteiger partial charge is 0.342 e. The van der Waals surface area contributed by atoms with E-state index in [1.165, 1.54) is 17.7 Å². The van der Waals surface area contributed by atoms with Gasteiger partial charge in [0.2, 0.25) is 5.91 Å². The third kappa shape index (κ3) is 2.79. The lowest BCUT2D eigenvalue weighted by atomic mass is 9.75. The SMILES string of the molecule is Cn1cnc([C@@H]2CN(Cc3cccs3)C[C@]23CCN(CC2CC2)C3=O)c1. The van der Waals surface area contributed by atoms with E-state index < -0.39 is 0 Å². The van der Waals surface area contributed by atoms with Crippen molar-refractivity contribution in [3.63, 3.8) is 0 Å². The summed E-state index contributed by atoms with van der Waals surface area (Å²) >= 11 is 1.80. The third-order valence-corrected chi connectivity index (χ3v) is 7.23. The number of hydrogen-bond acceptors (Lipinski definition) is 4. The summed E-state index contributed by atoms with van der Waals surface area (Å²) in [6.45, 7) is 4.63. The number of likely N-dealkylation sites (tertiary alicyclic amines) is 2. The van der Waals surface area contributed by atoms with Gasteiger partial charge >= 0.3 is 0 Å². The van der Waals surface area contributed by atoms with E-state index in [-0.39, 0.29) is 11.3 Å². The Morgan fingerprint density at radius 1 is 1.38 bits per heavy atom. The molecular weight excluding hydrogens is 344 g/mol. The number of rotatable bonds is 5. The zero-order chi connectivity index (χ0) is 17.7. The van der Waals surface area contributed by atoms with Crippen LogP contribution < -0.4 is 0 Å². The van der Waals surface area contributed by atoms with Gasteiger partial charge in [-0.1, -0.05) is 6.07 Å². The summed E-state index contributed by atoms with van der Waals surface area (Å²) in [6, 6.07) is 4.31. The Morgan fingerprint density at radius 3 is 2.96 bits per heavy atom. The van der Waals surface area contributed by atoms with Crippen LogP contribution in [0.15, 0.2) is 30.0 Å². The summed E-state index contributed by atoms with van der Waals surface area (Å²) in [6.07, 6.45) is 7.54. The maximum absolute atomic E-state index is 13.5. The van der Waals surface area contributed by atoms with E-state index in [9.17, 15) is 4.79 Å². The van der Waals surface area contributed by atoms with Crippen LogP contribution in [-0.4, -0.2) is 51.4 Å². The fourth-order valence-electron chi connectivity index (χ4n) is 4.85. The molecule has 0 radical (unpaired) electrons. The molecule has 4 heterocycles. The molecule has 1 saturated carbocycles. The predicted octanol–water partition coefficient (Wildman–Crippen LogP) is 2.71. The molecule has 0 aromatic carbocycles. The molecule has 5 rings (SSSR count). The molecule has 2 aromatic heterocycles. The van der Waals surface area contributed by atoms with Crippen molar-refractivity contribution >= 4 is 17.2 Å². The highest BCUT2D eigenvalue weighted by molar-refractivity contribution is 7.09. The molecule has 2 aliphatic heterocycles. The van der Waals surface area contributed by atoms with Gasteiger partial charge in [0.15, 0.2) is 0 Å². The first-order chi connectivity index (χ1) is 12.6. The summed E-state index contributed by atoms with van der Waals surface area (Å²) in [5.41, 5.74) is 0.809. The first-order valence-electron chi connectivity index (χ1n) is 9.66. The molecule has 0 bridgehead atoms.